The molecule has 0 aromatic heterocycles. The van der Waals surface area contributed by atoms with E-state index in [1.54, 1.807) is 0 Å². The zero-order chi connectivity index (χ0) is 11.0. The van der Waals surface area contributed by atoms with Crippen LogP contribution in [0, 0.1) is 5.92 Å². The Bertz CT molecular complexity index is 327. The zero-order valence-corrected chi connectivity index (χ0v) is 10.1. The summed E-state index contributed by atoms with van der Waals surface area (Å²) >= 11 is 1.84. The van der Waals surface area contributed by atoms with Crippen molar-refractivity contribution in [2.24, 2.45) is 10.9 Å². The fourth-order valence-electron chi connectivity index (χ4n) is 2.24. The van der Waals surface area contributed by atoms with Gasteiger partial charge in [-0.3, -0.25) is 9.79 Å². The standard InChI is InChI=1S/C11H17N3OS/c15-10-8(2-1-5-12-10)14-11-13-6-9(16-11)7-3-4-7/h7-9H,1-6H2,(H,12,15)(H,13,14). The Hall–Kier alpha value is -0.710. The van der Waals surface area contributed by atoms with Gasteiger partial charge in [-0.25, -0.2) is 0 Å². The lowest BCUT2D eigenvalue weighted by Crippen LogP contribution is -2.49. The minimum Gasteiger partial charge on any atom is -0.354 e. The average molecular weight is 239 g/mol. The number of hydrogen-bond acceptors (Lipinski definition) is 4. The number of amides is 1. The molecule has 0 aromatic carbocycles. The van der Waals surface area contributed by atoms with Crippen molar-refractivity contribution in [2.75, 3.05) is 13.1 Å². The van der Waals surface area contributed by atoms with Gasteiger partial charge >= 0.3 is 0 Å². The maximum Gasteiger partial charge on any atom is 0.242 e. The SMILES string of the molecule is O=C1NCCCC1NC1=NCC(C2CC2)S1. The molecule has 5 heteroatoms. The second kappa shape index (κ2) is 4.28. The molecule has 16 heavy (non-hydrogen) atoms. The molecule has 2 fully saturated rings. The molecule has 2 aliphatic heterocycles. The third kappa shape index (κ3) is 2.19. The van der Waals surface area contributed by atoms with Crippen LogP contribution in [0.25, 0.3) is 0 Å². The number of rotatable bonds is 2. The number of amidine groups is 1. The van der Waals surface area contributed by atoms with Crippen LogP contribution in [0.5, 0.6) is 0 Å². The number of carbonyl (C=O) groups is 1. The topological polar surface area (TPSA) is 53.5 Å². The van der Waals surface area contributed by atoms with Gasteiger partial charge in [0.05, 0.1) is 6.54 Å². The number of aliphatic imine (C=N–C) groups is 1. The summed E-state index contributed by atoms with van der Waals surface area (Å²) in [6, 6.07) is -0.0575. The summed E-state index contributed by atoms with van der Waals surface area (Å²) in [5.41, 5.74) is 0. The van der Waals surface area contributed by atoms with Crippen LogP contribution in [-0.4, -0.2) is 35.5 Å². The second-order valence-corrected chi connectivity index (χ2v) is 6.00. The summed E-state index contributed by atoms with van der Waals surface area (Å²) < 4.78 is 0. The molecule has 0 radical (unpaired) electrons. The molecule has 2 N–H and O–H groups in total. The van der Waals surface area contributed by atoms with Crippen molar-refractivity contribution in [2.45, 2.75) is 37.0 Å². The summed E-state index contributed by atoms with van der Waals surface area (Å²) in [5, 5.41) is 7.83. The smallest absolute Gasteiger partial charge is 0.242 e. The lowest BCUT2D eigenvalue weighted by molar-refractivity contribution is -0.124. The number of carbonyl (C=O) groups excluding carboxylic acids is 1. The minimum atomic E-state index is -0.0575. The zero-order valence-electron chi connectivity index (χ0n) is 9.24. The lowest BCUT2D eigenvalue weighted by atomic mass is 10.1. The monoisotopic (exact) mass is 239 g/mol. The first-order valence-corrected chi connectivity index (χ1v) is 6.96. The van der Waals surface area contributed by atoms with Crippen molar-refractivity contribution >= 4 is 22.8 Å². The van der Waals surface area contributed by atoms with Crippen LogP contribution in [-0.2, 0) is 4.79 Å². The highest BCUT2D eigenvalue weighted by atomic mass is 32.2. The first-order valence-electron chi connectivity index (χ1n) is 6.08. The highest BCUT2D eigenvalue weighted by molar-refractivity contribution is 8.14. The van der Waals surface area contributed by atoms with E-state index in [0.29, 0.717) is 5.25 Å². The molecule has 2 heterocycles. The maximum absolute atomic E-state index is 11.6. The van der Waals surface area contributed by atoms with Gasteiger partial charge in [-0.2, -0.15) is 0 Å². The molecule has 2 unspecified atom stereocenters. The molecular weight excluding hydrogens is 222 g/mol. The van der Waals surface area contributed by atoms with E-state index in [4.69, 9.17) is 0 Å². The summed E-state index contributed by atoms with van der Waals surface area (Å²) in [7, 11) is 0. The number of hydrogen-bond donors (Lipinski definition) is 2. The van der Waals surface area contributed by atoms with Crippen LogP contribution in [0.15, 0.2) is 4.99 Å². The second-order valence-electron chi connectivity index (χ2n) is 4.77. The van der Waals surface area contributed by atoms with E-state index in [0.717, 1.165) is 37.0 Å². The van der Waals surface area contributed by atoms with Gasteiger partial charge in [0.2, 0.25) is 5.91 Å². The Morgan fingerprint density at radius 2 is 2.25 bits per heavy atom. The van der Waals surface area contributed by atoms with Gasteiger partial charge in [-0.1, -0.05) is 11.8 Å². The van der Waals surface area contributed by atoms with Gasteiger partial charge in [0.1, 0.15) is 6.04 Å². The van der Waals surface area contributed by atoms with Crippen LogP contribution in [0.4, 0.5) is 0 Å². The first-order chi connectivity index (χ1) is 7.83. The van der Waals surface area contributed by atoms with Crippen molar-refractivity contribution in [1.29, 1.82) is 0 Å². The van der Waals surface area contributed by atoms with Crippen LogP contribution in [0.3, 0.4) is 0 Å². The molecular formula is C11H17N3OS. The van der Waals surface area contributed by atoms with E-state index in [9.17, 15) is 4.79 Å². The molecule has 1 saturated carbocycles. The normalized spacial score (nSPS) is 34.5. The molecule has 0 bridgehead atoms. The molecule has 4 nitrogen and oxygen atoms in total. The molecule has 0 spiro atoms. The Kier molecular flexibility index (Phi) is 2.79. The third-order valence-electron chi connectivity index (χ3n) is 3.41. The lowest BCUT2D eigenvalue weighted by Gasteiger charge is -2.23. The molecule has 88 valence electrons. The van der Waals surface area contributed by atoms with Gasteiger partial charge in [-0.05, 0) is 31.6 Å². The summed E-state index contributed by atoms with van der Waals surface area (Å²) in [5.74, 6) is 1.01. The number of piperidine rings is 1. The predicted octanol–water partition coefficient (Wildman–Crippen LogP) is 0.736. The van der Waals surface area contributed by atoms with E-state index < -0.39 is 0 Å². The van der Waals surface area contributed by atoms with E-state index in [1.165, 1.54) is 12.8 Å². The van der Waals surface area contributed by atoms with E-state index in [2.05, 4.69) is 15.6 Å². The Labute approximate surface area is 99.7 Å². The Morgan fingerprint density at radius 1 is 1.38 bits per heavy atom. The van der Waals surface area contributed by atoms with Gasteiger partial charge in [0.25, 0.3) is 0 Å². The highest BCUT2D eigenvalue weighted by Crippen LogP contribution is 2.41. The average Bonchev–Trinajstić information content (AvgIpc) is 3.03. The highest BCUT2D eigenvalue weighted by Gasteiger charge is 2.36. The van der Waals surface area contributed by atoms with Gasteiger partial charge in [0, 0.05) is 11.8 Å². The maximum atomic E-state index is 11.6. The summed E-state index contributed by atoms with van der Waals surface area (Å²) in [6.07, 6.45) is 4.72. The number of nitrogens with one attached hydrogen (secondary N) is 2. The van der Waals surface area contributed by atoms with E-state index >= 15 is 0 Å². The van der Waals surface area contributed by atoms with Crippen molar-refractivity contribution in [3.05, 3.63) is 0 Å². The van der Waals surface area contributed by atoms with Crippen molar-refractivity contribution < 1.29 is 4.79 Å². The molecule has 0 aromatic rings. The van der Waals surface area contributed by atoms with Gasteiger partial charge in [-0.15, -0.1) is 0 Å². The summed E-state index contributed by atoms with van der Waals surface area (Å²) in [4.78, 5) is 16.1. The van der Waals surface area contributed by atoms with Gasteiger partial charge in [0.15, 0.2) is 5.17 Å². The molecule has 3 aliphatic rings. The molecule has 2 atom stereocenters. The van der Waals surface area contributed by atoms with Crippen LogP contribution < -0.4 is 10.6 Å². The fraction of sp³-hybridized carbons (Fsp3) is 0.818. The molecule has 1 aliphatic carbocycles. The molecule has 1 amide bonds. The van der Waals surface area contributed by atoms with Crippen molar-refractivity contribution in [3.8, 4) is 0 Å². The summed E-state index contributed by atoms with van der Waals surface area (Å²) in [6.45, 7) is 1.76. The Balaban J connectivity index is 1.52. The predicted molar refractivity (Wildman–Crippen MR) is 65.6 cm³/mol. The van der Waals surface area contributed by atoms with E-state index in [-0.39, 0.29) is 11.9 Å². The fourth-order valence-corrected chi connectivity index (χ4v) is 3.50. The van der Waals surface area contributed by atoms with Crippen LogP contribution in [0.2, 0.25) is 0 Å². The van der Waals surface area contributed by atoms with Crippen LogP contribution >= 0.6 is 11.8 Å². The number of thioether (sulfide) groups is 1. The largest absolute Gasteiger partial charge is 0.354 e. The number of nitrogens with zero attached hydrogens (tertiary/aromatic N) is 1. The van der Waals surface area contributed by atoms with Crippen LogP contribution in [0.1, 0.15) is 25.7 Å². The molecule has 1 saturated heterocycles. The third-order valence-corrected chi connectivity index (χ3v) is 4.72. The Morgan fingerprint density at radius 3 is 3.00 bits per heavy atom. The minimum absolute atomic E-state index is 0.0575. The molecule has 3 rings (SSSR count). The van der Waals surface area contributed by atoms with E-state index in [1.807, 2.05) is 11.8 Å². The van der Waals surface area contributed by atoms with Crippen molar-refractivity contribution in [1.82, 2.24) is 10.6 Å². The van der Waals surface area contributed by atoms with Gasteiger partial charge < -0.3 is 10.6 Å². The van der Waals surface area contributed by atoms with Crippen molar-refractivity contribution in [3.63, 3.8) is 0 Å². The first kappa shape index (κ1) is 10.4. The quantitative estimate of drug-likeness (QED) is 0.747.